The van der Waals surface area contributed by atoms with Gasteiger partial charge in [0.1, 0.15) is 11.8 Å². The van der Waals surface area contributed by atoms with Crippen LogP contribution in [0.15, 0.2) is 18.2 Å². The van der Waals surface area contributed by atoms with Gasteiger partial charge in [-0.05, 0) is 19.1 Å². The first-order chi connectivity index (χ1) is 8.77. The van der Waals surface area contributed by atoms with Crippen molar-refractivity contribution in [3.05, 3.63) is 29.6 Å². The van der Waals surface area contributed by atoms with Crippen molar-refractivity contribution in [2.75, 3.05) is 6.61 Å². The number of rotatable bonds is 4. The van der Waals surface area contributed by atoms with Gasteiger partial charge in [-0.15, -0.1) is 0 Å². The van der Waals surface area contributed by atoms with E-state index in [2.05, 4.69) is 9.72 Å². The Morgan fingerprint density at radius 3 is 2.58 bits per heavy atom. The van der Waals surface area contributed by atoms with E-state index in [0.29, 0.717) is 6.07 Å². The maximum absolute atomic E-state index is 12.4. The zero-order valence-corrected chi connectivity index (χ0v) is 9.89. The Morgan fingerprint density at radius 1 is 1.42 bits per heavy atom. The van der Waals surface area contributed by atoms with Gasteiger partial charge >= 0.3 is 12.1 Å². The highest BCUT2D eigenvalue weighted by atomic mass is 19.4. The number of aliphatic hydroxyl groups excluding tert-OH is 2. The van der Waals surface area contributed by atoms with Crippen LogP contribution in [0.2, 0.25) is 0 Å². The van der Waals surface area contributed by atoms with Crippen molar-refractivity contribution in [1.82, 2.24) is 4.98 Å². The molecule has 0 saturated heterocycles. The fraction of sp³-hybridized carbons (Fsp3) is 0.455. The molecular weight excluding hydrogens is 267 g/mol. The Balaban J connectivity index is 2.94. The zero-order chi connectivity index (χ0) is 14.6. The fourth-order valence-corrected chi connectivity index (χ4v) is 1.29. The van der Waals surface area contributed by atoms with Crippen molar-refractivity contribution in [3.63, 3.8) is 0 Å². The normalized spacial score (nSPS) is 14.8. The van der Waals surface area contributed by atoms with E-state index in [9.17, 15) is 28.2 Å². The van der Waals surface area contributed by atoms with E-state index in [-0.39, 0.29) is 6.61 Å². The first-order valence-electron chi connectivity index (χ1n) is 5.34. The second-order valence-corrected chi connectivity index (χ2v) is 3.59. The summed E-state index contributed by atoms with van der Waals surface area (Å²) in [4.78, 5) is 14.3. The number of hydrogen-bond donors (Lipinski definition) is 2. The maximum Gasteiger partial charge on any atom is 0.433 e. The van der Waals surface area contributed by atoms with Crippen LogP contribution in [0.5, 0.6) is 0 Å². The summed E-state index contributed by atoms with van der Waals surface area (Å²) in [5.41, 5.74) is -1.68. The smallest absolute Gasteiger partial charge is 0.433 e. The maximum atomic E-state index is 12.4. The Kier molecular flexibility index (Phi) is 4.84. The summed E-state index contributed by atoms with van der Waals surface area (Å²) < 4.78 is 41.7. The Morgan fingerprint density at radius 2 is 2.05 bits per heavy atom. The molecule has 2 N–H and O–H groups in total. The molecule has 0 fully saturated rings. The molecule has 0 radical (unpaired) electrons. The van der Waals surface area contributed by atoms with Gasteiger partial charge in [0.05, 0.1) is 12.3 Å². The summed E-state index contributed by atoms with van der Waals surface area (Å²) in [6, 6.07) is 2.81. The van der Waals surface area contributed by atoms with Crippen LogP contribution in [0.4, 0.5) is 13.2 Å². The highest BCUT2D eigenvalue weighted by Gasteiger charge is 2.34. The van der Waals surface area contributed by atoms with Gasteiger partial charge in [0.15, 0.2) is 6.10 Å². The average molecular weight is 279 g/mol. The molecule has 1 rings (SSSR count). The van der Waals surface area contributed by atoms with E-state index < -0.39 is 35.7 Å². The quantitative estimate of drug-likeness (QED) is 0.806. The van der Waals surface area contributed by atoms with Gasteiger partial charge in [-0.2, -0.15) is 13.2 Å². The third-order valence-electron chi connectivity index (χ3n) is 2.19. The summed E-state index contributed by atoms with van der Waals surface area (Å²) >= 11 is 0. The van der Waals surface area contributed by atoms with Crippen LogP contribution in [-0.4, -0.2) is 33.9 Å². The van der Waals surface area contributed by atoms with Crippen LogP contribution in [0, 0.1) is 0 Å². The number of nitrogens with zero attached hydrogens (tertiary/aromatic N) is 1. The van der Waals surface area contributed by atoms with Crippen LogP contribution in [-0.2, 0) is 15.7 Å². The molecule has 0 aliphatic heterocycles. The number of aromatic nitrogens is 1. The number of aliphatic hydroxyl groups is 2. The van der Waals surface area contributed by atoms with Gasteiger partial charge < -0.3 is 14.9 Å². The molecule has 0 bridgehead atoms. The van der Waals surface area contributed by atoms with Gasteiger partial charge in [0.25, 0.3) is 0 Å². The molecular formula is C11H12F3NO4. The third kappa shape index (κ3) is 3.90. The van der Waals surface area contributed by atoms with Crippen molar-refractivity contribution in [1.29, 1.82) is 0 Å². The minimum absolute atomic E-state index is 0.0291. The number of carbonyl (C=O) groups excluding carboxylic acids is 1. The zero-order valence-electron chi connectivity index (χ0n) is 9.89. The summed E-state index contributed by atoms with van der Waals surface area (Å²) in [5, 5.41) is 19.0. The van der Waals surface area contributed by atoms with Crippen molar-refractivity contribution >= 4 is 5.97 Å². The lowest BCUT2D eigenvalue weighted by Gasteiger charge is -2.16. The minimum Gasteiger partial charge on any atom is -0.464 e. The van der Waals surface area contributed by atoms with Gasteiger partial charge in [0.2, 0.25) is 0 Å². The van der Waals surface area contributed by atoms with Crippen molar-refractivity contribution in [2.45, 2.75) is 25.3 Å². The first-order valence-corrected chi connectivity index (χ1v) is 5.34. The van der Waals surface area contributed by atoms with Crippen LogP contribution in [0.25, 0.3) is 0 Å². The Bertz CT molecular complexity index is 450. The molecule has 0 amide bonds. The lowest BCUT2D eigenvalue weighted by molar-refractivity contribution is -0.159. The molecule has 1 heterocycles. The first kappa shape index (κ1) is 15.4. The Labute approximate surface area is 106 Å². The second kappa shape index (κ2) is 5.98. The lowest BCUT2D eigenvalue weighted by atomic mass is 10.1. The molecule has 2 unspecified atom stereocenters. The van der Waals surface area contributed by atoms with E-state index in [1.165, 1.54) is 6.92 Å². The summed E-state index contributed by atoms with van der Waals surface area (Å²) in [6.45, 7) is 1.46. The van der Waals surface area contributed by atoms with E-state index in [1.807, 2.05) is 0 Å². The monoisotopic (exact) mass is 279 g/mol. The SMILES string of the molecule is CCOC(=O)C(O)C(O)c1cccc(C(F)(F)F)n1. The molecule has 8 heteroatoms. The number of alkyl halides is 3. The fourth-order valence-electron chi connectivity index (χ4n) is 1.29. The van der Waals surface area contributed by atoms with Crippen LogP contribution < -0.4 is 0 Å². The number of carbonyl (C=O) groups is 1. The average Bonchev–Trinajstić information content (AvgIpc) is 2.36. The van der Waals surface area contributed by atoms with Crippen LogP contribution in [0.1, 0.15) is 24.4 Å². The third-order valence-corrected chi connectivity index (χ3v) is 2.19. The molecule has 19 heavy (non-hydrogen) atoms. The Hall–Kier alpha value is -1.67. The van der Waals surface area contributed by atoms with Crippen molar-refractivity contribution in [3.8, 4) is 0 Å². The number of ether oxygens (including phenoxy) is 1. The molecule has 106 valence electrons. The van der Waals surface area contributed by atoms with Gasteiger partial charge in [-0.3, -0.25) is 0 Å². The number of pyridine rings is 1. The predicted molar refractivity (Wildman–Crippen MR) is 56.8 cm³/mol. The minimum atomic E-state index is -4.68. The molecule has 1 aromatic heterocycles. The number of esters is 1. The standard InChI is InChI=1S/C11H12F3NO4/c1-2-19-10(18)9(17)8(16)6-4-3-5-7(15-6)11(12,13)14/h3-5,8-9,16-17H,2H2,1H3. The predicted octanol–water partition coefficient (Wildman–Crippen LogP) is 1.06. The molecule has 5 nitrogen and oxygen atoms in total. The number of hydrogen-bond acceptors (Lipinski definition) is 5. The molecule has 0 aliphatic rings. The molecule has 0 aliphatic carbocycles. The topological polar surface area (TPSA) is 79.7 Å². The highest BCUT2D eigenvalue weighted by Crippen LogP contribution is 2.28. The summed E-state index contributed by atoms with van der Waals surface area (Å²) in [6.07, 6.45) is -8.55. The van der Waals surface area contributed by atoms with Crippen LogP contribution >= 0.6 is 0 Å². The second-order valence-electron chi connectivity index (χ2n) is 3.59. The van der Waals surface area contributed by atoms with Crippen LogP contribution in [0.3, 0.4) is 0 Å². The molecule has 1 aromatic rings. The van der Waals surface area contributed by atoms with E-state index >= 15 is 0 Å². The van der Waals surface area contributed by atoms with E-state index in [0.717, 1.165) is 12.1 Å². The van der Waals surface area contributed by atoms with Crippen molar-refractivity contribution < 1.29 is 32.9 Å². The highest BCUT2D eigenvalue weighted by molar-refractivity contribution is 5.75. The van der Waals surface area contributed by atoms with Gasteiger partial charge in [-0.1, -0.05) is 6.07 Å². The molecule has 0 aromatic carbocycles. The van der Waals surface area contributed by atoms with Gasteiger partial charge in [0, 0.05) is 0 Å². The molecule has 0 spiro atoms. The van der Waals surface area contributed by atoms with E-state index in [4.69, 9.17) is 0 Å². The van der Waals surface area contributed by atoms with Crippen molar-refractivity contribution in [2.24, 2.45) is 0 Å². The molecule has 2 atom stereocenters. The number of halogens is 3. The summed E-state index contributed by atoms with van der Waals surface area (Å²) in [5.74, 6) is -1.13. The lowest BCUT2D eigenvalue weighted by Crippen LogP contribution is -2.30. The molecule has 0 saturated carbocycles. The largest absolute Gasteiger partial charge is 0.464 e. The van der Waals surface area contributed by atoms with Gasteiger partial charge in [-0.25, -0.2) is 9.78 Å². The van der Waals surface area contributed by atoms with E-state index in [1.54, 1.807) is 0 Å². The summed E-state index contributed by atoms with van der Waals surface area (Å²) in [7, 11) is 0.